The van der Waals surface area contributed by atoms with Crippen molar-refractivity contribution in [2.75, 3.05) is 23.7 Å². The Hall–Kier alpha value is -2.82. The van der Waals surface area contributed by atoms with Crippen molar-refractivity contribution in [3.05, 3.63) is 59.7 Å². The van der Waals surface area contributed by atoms with Crippen LogP contribution >= 0.6 is 0 Å². The van der Waals surface area contributed by atoms with Crippen molar-refractivity contribution in [3.63, 3.8) is 0 Å². The van der Waals surface area contributed by atoms with Crippen molar-refractivity contribution in [1.82, 2.24) is 4.90 Å². The number of carbonyl (C=O) groups excluding carboxylic acids is 2. The quantitative estimate of drug-likeness (QED) is 0.793. The second-order valence-electron chi connectivity index (χ2n) is 8.06. The first-order valence-corrected chi connectivity index (χ1v) is 10.6. The van der Waals surface area contributed by atoms with Crippen molar-refractivity contribution < 1.29 is 9.59 Å². The van der Waals surface area contributed by atoms with E-state index in [0.29, 0.717) is 19.1 Å². The zero-order chi connectivity index (χ0) is 20.4. The third-order valence-electron chi connectivity index (χ3n) is 6.50. The van der Waals surface area contributed by atoms with Crippen LogP contribution in [-0.4, -0.2) is 35.8 Å². The van der Waals surface area contributed by atoms with Crippen LogP contribution in [0.1, 0.15) is 55.5 Å². The standard InChI is InChI=1S/C24H29N3O2/c1-3-27(4-2)22(28)17-8-7-9-19(16-17)25-18-12-14-24(15-13-18)20-10-5-6-11-21(20)26-23(24)29/h5-11,16,18,25H,3-4,12-15H2,1-2H3,(H,26,29). The predicted octanol–water partition coefficient (Wildman–Crippen LogP) is 4.41. The molecule has 0 atom stereocenters. The highest BCUT2D eigenvalue weighted by Gasteiger charge is 2.48. The summed E-state index contributed by atoms with van der Waals surface area (Å²) in [6.45, 7) is 5.42. The molecule has 1 fully saturated rings. The molecule has 0 aromatic heterocycles. The second kappa shape index (κ2) is 7.90. The summed E-state index contributed by atoms with van der Waals surface area (Å²) in [7, 11) is 0. The van der Waals surface area contributed by atoms with Gasteiger partial charge in [-0.1, -0.05) is 24.3 Å². The average molecular weight is 392 g/mol. The van der Waals surface area contributed by atoms with E-state index in [9.17, 15) is 9.59 Å². The molecule has 2 aromatic carbocycles. The lowest BCUT2D eigenvalue weighted by Gasteiger charge is -2.36. The molecule has 5 nitrogen and oxygen atoms in total. The Morgan fingerprint density at radius 1 is 1.10 bits per heavy atom. The normalized spacial score (nSPS) is 22.8. The van der Waals surface area contributed by atoms with Crippen LogP contribution in [0.25, 0.3) is 0 Å². The smallest absolute Gasteiger partial charge is 0.253 e. The van der Waals surface area contributed by atoms with Gasteiger partial charge in [-0.15, -0.1) is 0 Å². The van der Waals surface area contributed by atoms with E-state index in [4.69, 9.17) is 0 Å². The van der Waals surface area contributed by atoms with Crippen molar-refractivity contribution in [2.45, 2.75) is 51.0 Å². The lowest BCUT2D eigenvalue weighted by molar-refractivity contribution is -0.122. The number of nitrogens with zero attached hydrogens (tertiary/aromatic N) is 1. The van der Waals surface area contributed by atoms with Gasteiger partial charge in [-0.3, -0.25) is 9.59 Å². The molecule has 1 aliphatic heterocycles. The number of anilines is 2. The number of para-hydroxylation sites is 1. The third kappa shape index (κ3) is 3.50. The predicted molar refractivity (Wildman–Crippen MR) is 116 cm³/mol. The summed E-state index contributed by atoms with van der Waals surface area (Å²) in [5.41, 5.74) is 3.42. The van der Waals surface area contributed by atoms with E-state index in [0.717, 1.165) is 48.2 Å². The van der Waals surface area contributed by atoms with Gasteiger partial charge in [0.1, 0.15) is 0 Å². The average Bonchev–Trinajstić information content (AvgIpc) is 3.02. The molecule has 4 rings (SSSR count). The van der Waals surface area contributed by atoms with Gasteiger partial charge in [0, 0.05) is 36.1 Å². The summed E-state index contributed by atoms with van der Waals surface area (Å²) >= 11 is 0. The second-order valence-corrected chi connectivity index (χ2v) is 8.06. The summed E-state index contributed by atoms with van der Waals surface area (Å²) in [5.74, 6) is 0.212. The number of fused-ring (bicyclic) bond motifs is 2. The largest absolute Gasteiger partial charge is 0.382 e. The molecule has 1 heterocycles. The first kappa shape index (κ1) is 19.5. The number of hydrogen-bond donors (Lipinski definition) is 2. The van der Waals surface area contributed by atoms with Crippen LogP contribution in [-0.2, 0) is 10.2 Å². The van der Waals surface area contributed by atoms with Crippen LogP contribution < -0.4 is 10.6 Å². The molecule has 1 spiro atoms. The lowest BCUT2D eigenvalue weighted by Crippen LogP contribution is -2.41. The molecule has 2 aromatic rings. The van der Waals surface area contributed by atoms with Crippen LogP contribution in [0.2, 0.25) is 0 Å². The summed E-state index contributed by atoms with van der Waals surface area (Å²) in [6.07, 6.45) is 3.53. The summed E-state index contributed by atoms with van der Waals surface area (Å²) < 4.78 is 0. The summed E-state index contributed by atoms with van der Waals surface area (Å²) in [5, 5.41) is 6.66. The zero-order valence-corrected chi connectivity index (χ0v) is 17.2. The Morgan fingerprint density at radius 2 is 1.83 bits per heavy atom. The topological polar surface area (TPSA) is 61.4 Å². The molecule has 1 aliphatic carbocycles. The van der Waals surface area contributed by atoms with E-state index >= 15 is 0 Å². The monoisotopic (exact) mass is 391 g/mol. The SMILES string of the molecule is CCN(CC)C(=O)c1cccc(NC2CCC3(CC2)C(=O)Nc2ccccc23)c1. The maximum atomic E-state index is 12.7. The van der Waals surface area contributed by atoms with Crippen LogP contribution in [0.3, 0.4) is 0 Å². The number of nitrogens with one attached hydrogen (secondary N) is 2. The van der Waals surface area contributed by atoms with Gasteiger partial charge in [-0.2, -0.15) is 0 Å². The highest BCUT2D eigenvalue weighted by Crippen LogP contribution is 2.47. The van der Waals surface area contributed by atoms with Gasteiger partial charge in [-0.05, 0) is 69.4 Å². The number of amides is 2. The number of benzene rings is 2. The van der Waals surface area contributed by atoms with Gasteiger partial charge in [0.05, 0.1) is 5.41 Å². The van der Waals surface area contributed by atoms with Crippen molar-refractivity contribution in [1.29, 1.82) is 0 Å². The van der Waals surface area contributed by atoms with Gasteiger partial charge in [0.25, 0.3) is 5.91 Å². The van der Waals surface area contributed by atoms with E-state index in [1.165, 1.54) is 0 Å². The molecule has 0 radical (unpaired) electrons. The van der Waals surface area contributed by atoms with E-state index in [1.54, 1.807) is 0 Å². The van der Waals surface area contributed by atoms with Crippen LogP contribution in [0.4, 0.5) is 11.4 Å². The third-order valence-corrected chi connectivity index (χ3v) is 6.50. The van der Waals surface area contributed by atoms with Gasteiger partial charge in [0.15, 0.2) is 0 Å². The molecule has 5 heteroatoms. The Bertz CT molecular complexity index is 912. The molecule has 2 N–H and O–H groups in total. The first-order valence-electron chi connectivity index (χ1n) is 10.6. The van der Waals surface area contributed by atoms with Crippen LogP contribution in [0, 0.1) is 0 Å². The Kier molecular flexibility index (Phi) is 5.31. The van der Waals surface area contributed by atoms with Crippen molar-refractivity contribution in [3.8, 4) is 0 Å². The maximum Gasteiger partial charge on any atom is 0.253 e. The van der Waals surface area contributed by atoms with Crippen LogP contribution in [0.5, 0.6) is 0 Å². The van der Waals surface area contributed by atoms with Crippen molar-refractivity contribution >= 4 is 23.2 Å². The van der Waals surface area contributed by atoms with Gasteiger partial charge in [0.2, 0.25) is 5.91 Å². The van der Waals surface area contributed by atoms with E-state index in [-0.39, 0.29) is 17.2 Å². The molecule has 0 bridgehead atoms. The first-order chi connectivity index (χ1) is 14.1. The molecule has 0 saturated heterocycles. The molecule has 2 amide bonds. The Labute approximate surface area is 172 Å². The molecular formula is C24H29N3O2. The lowest BCUT2D eigenvalue weighted by atomic mass is 9.69. The maximum absolute atomic E-state index is 12.7. The highest BCUT2D eigenvalue weighted by atomic mass is 16.2. The minimum absolute atomic E-state index is 0.0699. The van der Waals surface area contributed by atoms with Gasteiger partial charge in [-0.25, -0.2) is 0 Å². The minimum atomic E-state index is -0.380. The molecule has 0 unspecified atom stereocenters. The zero-order valence-electron chi connectivity index (χ0n) is 17.2. The van der Waals surface area contributed by atoms with E-state index in [2.05, 4.69) is 16.7 Å². The molecule has 2 aliphatic rings. The highest BCUT2D eigenvalue weighted by molar-refractivity contribution is 6.06. The summed E-state index contributed by atoms with van der Waals surface area (Å²) in [4.78, 5) is 27.2. The molecular weight excluding hydrogens is 362 g/mol. The minimum Gasteiger partial charge on any atom is -0.382 e. The summed E-state index contributed by atoms with van der Waals surface area (Å²) in [6, 6.07) is 16.1. The number of hydrogen-bond acceptors (Lipinski definition) is 3. The van der Waals surface area contributed by atoms with Gasteiger partial charge < -0.3 is 15.5 Å². The Morgan fingerprint density at radius 3 is 2.55 bits per heavy atom. The van der Waals surface area contributed by atoms with Crippen LogP contribution in [0.15, 0.2) is 48.5 Å². The van der Waals surface area contributed by atoms with Gasteiger partial charge >= 0.3 is 0 Å². The number of rotatable bonds is 5. The Balaban J connectivity index is 1.44. The van der Waals surface area contributed by atoms with E-state index in [1.807, 2.05) is 61.2 Å². The fourth-order valence-corrected chi connectivity index (χ4v) is 4.80. The fourth-order valence-electron chi connectivity index (χ4n) is 4.80. The number of carbonyl (C=O) groups is 2. The molecule has 152 valence electrons. The molecule has 1 saturated carbocycles. The fraction of sp³-hybridized carbons (Fsp3) is 0.417. The molecule has 29 heavy (non-hydrogen) atoms. The van der Waals surface area contributed by atoms with E-state index < -0.39 is 0 Å². The van der Waals surface area contributed by atoms with Crippen molar-refractivity contribution in [2.24, 2.45) is 0 Å².